The van der Waals surface area contributed by atoms with E-state index in [-0.39, 0.29) is 4.99 Å². The van der Waals surface area contributed by atoms with Crippen LogP contribution in [0.25, 0.3) is 0 Å². The molecule has 0 aliphatic rings. The lowest BCUT2D eigenvalue weighted by atomic mass is 10.3. The maximum atomic E-state index is 5.51. The van der Waals surface area contributed by atoms with Gasteiger partial charge in [0.25, 0.3) is 0 Å². The predicted octanol–water partition coefficient (Wildman–Crippen LogP) is 1.92. The van der Waals surface area contributed by atoms with E-state index in [0.717, 1.165) is 10.7 Å². The van der Waals surface area contributed by atoms with Crippen molar-refractivity contribution in [1.29, 1.82) is 0 Å². The van der Waals surface area contributed by atoms with Gasteiger partial charge < -0.3 is 11.1 Å². The Morgan fingerprint density at radius 1 is 1.33 bits per heavy atom. The molecular formula is C9H8N4S2. The van der Waals surface area contributed by atoms with Crippen LogP contribution in [0, 0.1) is 0 Å². The molecule has 0 radical (unpaired) electrons. The third-order valence-electron chi connectivity index (χ3n) is 1.75. The molecule has 0 aliphatic heterocycles. The summed E-state index contributed by atoms with van der Waals surface area (Å²) in [4.78, 5) is 0.252. The van der Waals surface area contributed by atoms with Gasteiger partial charge in [-0.25, -0.2) is 0 Å². The standard InChI is InChI=1S/C9H8N4S2/c10-8(14)7-9(15-13-12-7)11-6-4-2-1-3-5-6/h1-5,11H,(H2,10,14). The summed E-state index contributed by atoms with van der Waals surface area (Å²) in [5.41, 5.74) is 7.01. The molecule has 76 valence electrons. The number of hydrogen-bond acceptors (Lipinski definition) is 5. The highest BCUT2D eigenvalue weighted by Gasteiger charge is 2.09. The number of rotatable bonds is 3. The third-order valence-corrected chi connectivity index (χ3v) is 2.59. The molecule has 0 saturated heterocycles. The number of hydrogen-bond donors (Lipinski definition) is 2. The van der Waals surface area contributed by atoms with E-state index in [9.17, 15) is 0 Å². The highest BCUT2D eigenvalue weighted by Crippen LogP contribution is 2.22. The topological polar surface area (TPSA) is 63.8 Å². The summed E-state index contributed by atoms with van der Waals surface area (Å²) in [6.07, 6.45) is 0. The number of nitrogens with zero attached hydrogens (tertiary/aromatic N) is 2. The van der Waals surface area contributed by atoms with Gasteiger partial charge in [0.1, 0.15) is 9.99 Å². The average molecular weight is 236 g/mol. The minimum absolute atomic E-state index is 0.252. The lowest BCUT2D eigenvalue weighted by Crippen LogP contribution is -2.11. The van der Waals surface area contributed by atoms with Crippen molar-refractivity contribution < 1.29 is 0 Å². The quantitative estimate of drug-likeness (QED) is 0.797. The number of nitrogens with two attached hydrogens (primary N) is 1. The van der Waals surface area contributed by atoms with Gasteiger partial charge in [-0.1, -0.05) is 34.9 Å². The third kappa shape index (κ3) is 2.28. The van der Waals surface area contributed by atoms with Crippen molar-refractivity contribution in [3.05, 3.63) is 36.0 Å². The number of thiocarbonyl (C=S) groups is 1. The molecule has 0 spiro atoms. The second-order valence-corrected chi connectivity index (χ2v) is 4.00. The molecule has 3 N–H and O–H groups in total. The lowest BCUT2D eigenvalue weighted by molar-refractivity contribution is 1.14. The summed E-state index contributed by atoms with van der Waals surface area (Å²) in [6.45, 7) is 0. The van der Waals surface area contributed by atoms with Crippen LogP contribution in [0.3, 0.4) is 0 Å². The molecule has 4 nitrogen and oxygen atoms in total. The first-order chi connectivity index (χ1) is 7.27. The van der Waals surface area contributed by atoms with Crippen LogP contribution in [-0.2, 0) is 0 Å². The maximum absolute atomic E-state index is 5.51. The largest absolute Gasteiger partial charge is 0.388 e. The predicted molar refractivity (Wildman–Crippen MR) is 65.5 cm³/mol. The molecule has 2 aromatic rings. The van der Waals surface area contributed by atoms with E-state index in [1.807, 2.05) is 30.3 Å². The van der Waals surface area contributed by atoms with Gasteiger partial charge in [0.15, 0.2) is 5.69 Å². The maximum Gasteiger partial charge on any atom is 0.156 e. The van der Waals surface area contributed by atoms with Crippen LogP contribution in [-0.4, -0.2) is 14.6 Å². The van der Waals surface area contributed by atoms with Crippen LogP contribution >= 0.6 is 23.8 Å². The monoisotopic (exact) mass is 236 g/mol. The van der Waals surface area contributed by atoms with E-state index >= 15 is 0 Å². The number of para-hydroxylation sites is 1. The van der Waals surface area contributed by atoms with Gasteiger partial charge in [-0.15, -0.1) is 5.10 Å². The van der Waals surface area contributed by atoms with Crippen LogP contribution in [0.5, 0.6) is 0 Å². The zero-order chi connectivity index (χ0) is 10.7. The van der Waals surface area contributed by atoms with Crippen LogP contribution in [0.2, 0.25) is 0 Å². The van der Waals surface area contributed by atoms with Crippen LogP contribution in [0.15, 0.2) is 30.3 Å². The van der Waals surface area contributed by atoms with Crippen molar-refractivity contribution >= 4 is 39.4 Å². The first kappa shape index (κ1) is 10.0. The molecule has 0 fully saturated rings. The van der Waals surface area contributed by atoms with Crippen LogP contribution < -0.4 is 11.1 Å². The fraction of sp³-hybridized carbons (Fsp3) is 0. The van der Waals surface area contributed by atoms with Crippen molar-refractivity contribution in [3.8, 4) is 0 Å². The summed E-state index contributed by atoms with van der Waals surface area (Å²) in [5.74, 6) is 0. The minimum Gasteiger partial charge on any atom is -0.388 e. The Labute approximate surface area is 96.3 Å². The summed E-state index contributed by atoms with van der Waals surface area (Å²) in [6, 6.07) is 9.73. The molecule has 15 heavy (non-hydrogen) atoms. The summed E-state index contributed by atoms with van der Waals surface area (Å²) < 4.78 is 3.80. The molecule has 1 aromatic heterocycles. The van der Waals surface area contributed by atoms with Crippen molar-refractivity contribution in [2.45, 2.75) is 0 Å². The molecule has 0 atom stereocenters. The van der Waals surface area contributed by atoms with Crippen molar-refractivity contribution in [3.63, 3.8) is 0 Å². The lowest BCUT2D eigenvalue weighted by Gasteiger charge is -2.03. The zero-order valence-electron chi connectivity index (χ0n) is 7.68. The highest BCUT2D eigenvalue weighted by molar-refractivity contribution is 7.80. The van der Waals surface area contributed by atoms with Gasteiger partial charge in [0.05, 0.1) is 0 Å². The Morgan fingerprint density at radius 3 is 2.73 bits per heavy atom. The fourth-order valence-electron chi connectivity index (χ4n) is 1.09. The molecule has 0 saturated carbocycles. The van der Waals surface area contributed by atoms with E-state index in [1.165, 1.54) is 11.5 Å². The molecule has 0 unspecified atom stereocenters. The second-order valence-electron chi connectivity index (χ2n) is 2.81. The van der Waals surface area contributed by atoms with Gasteiger partial charge in [-0.3, -0.25) is 0 Å². The molecule has 0 aliphatic carbocycles. The Kier molecular flexibility index (Phi) is 2.89. The van der Waals surface area contributed by atoms with Crippen molar-refractivity contribution in [2.24, 2.45) is 5.73 Å². The van der Waals surface area contributed by atoms with E-state index in [4.69, 9.17) is 18.0 Å². The first-order valence-electron chi connectivity index (χ1n) is 4.21. The van der Waals surface area contributed by atoms with Crippen LogP contribution in [0.4, 0.5) is 10.7 Å². The number of benzene rings is 1. The summed E-state index contributed by atoms with van der Waals surface area (Å²) in [5, 5.41) is 7.78. The van der Waals surface area contributed by atoms with Crippen LogP contribution in [0.1, 0.15) is 5.69 Å². The number of nitrogens with one attached hydrogen (secondary N) is 1. The van der Waals surface area contributed by atoms with Gasteiger partial charge >= 0.3 is 0 Å². The normalized spacial score (nSPS) is 9.87. The molecule has 1 heterocycles. The van der Waals surface area contributed by atoms with Gasteiger partial charge in [-0.2, -0.15) is 0 Å². The molecule has 1 aromatic carbocycles. The van der Waals surface area contributed by atoms with E-state index in [1.54, 1.807) is 0 Å². The molecular weight excluding hydrogens is 228 g/mol. The number of anilines is 2. The molecule has 0 bridgehead atoms. The highest BCUT2D eigenvalue weighted by atomic mass is 32.1. The first-order valence-corrected chi connectivity index (χ1v) is 5.40. The fourth-order valence-corrected chi connectivity index (χ4v) is 1.90. The Hall–Kier alpha value is -1.53. The summed E-state index contributed by atoms with van der Waals surface area (Å²) in [7, 11) is 0. The van der Waals surface area contributed by atoms with Gasteiger partial charge in [-0.05, 0) is 12.1 Å². The Morgan fingerprint density at radius 2 is 2.07 bits per heavy atom. The Balaban J connectivity index is 2.25. The molecule has 2 rings (SSSR count). The van der Waals surface area contributed by atoms with Crippen molar-refractivity contribution in [1.82, 2.24) is 9.59 Å². The minimum atomic E-state index is 0.252. The zero-order valence-corrected chi connectivity index (χ0v) is 9.31. The van der Waals surface area contributed by atoms with Gasteiger partial charge in [0.2, 0.25) is 0 Å². The van der Waals surface area contributed by atoms with E-state index in [2.05, 4.69) is 14.9 Å². The smallest absolute Gasteiger partial charge is 0.156 e. The average Bonchev–Trinajstić information content (AvgIpc) is 2.67. The number of aromatic nitrogens is 2. The van der Waals surface area contributed by atoms with Crippen molar-refractivity contribution in [2.75, 3.05) is 5.32 Å². The second kappa shape index (κ2) is 4.33. The molecule has 6 heteroatoms. The summed E-state index contributed by atoms with van der Waals surface area (Å²) >= 11 is 6.09. The SMILES string of the molecule is NC(=S)c1nnsc1Nc1ccccc1. The van der Waals surface area contributed by atoms with Gasteiger partial charge in [0, 0.05) is 17.2 Å². The molecule has 0 amide bonds. The Bertz CT molecular complexity index is 466. The van der Waals surface area contributed by atoms with E-state index < -0.39 is 0 Å². The van der Waals surface area contributed by atoms with E-state index in [0.29, 0.717) is 5.69 Å².